The number of hydrogen-bond donors (Lipinski definition) is 0. The molecule has 0 fully saturated rings. The minimum absolute atomic E-state index is 0.554. The van der Waals surface area contributed by atoms with Crippen LogP contribution >= 0.6 is 0 Å². The van der Waals surface area contributed by atoms with Crippen LogP contribution in [-0.2, 0) is 6.61 Å². The summed E-state index contributed by atoms with van der Waals surface area (Å²) in [5.74, 6) is 0.882. The van der Waals surface area contributed by atoms with E-state index in [1.807, 2.05) is 66.5 Å². The zero-order valence-corrected chi connectivity index (χ0v) is 11.4. The number of nitrogens with zero attached hydrogens (tertiary/aromatic N) is 2. The van der Waals surface area contributed by atoms with E-state index in [1.165, 1.54) is 0 Å². The van der Waals surface area contributed by atoms with Crippen molar-refractivity contribution in [1.82, 2.24) is 9.78 Å². The van der Waals surface area contributed by atoms with Crippen LogP contribution in [0, 0.1) is 6.92 Å². The lowest BCUT2D eigenvalue weighted by Crippen LogP contribution is -1.99. The van der Waals surface area contributed by atoms with Crippen LogP contribution < -0.4 is 4.74 Å². The van der Waals surface area contributed by atoms with Crippen LogP contribution in [0.1, 0.15) is 11.1 Å². The van der Waals surface area contributed by atoms with Crippen molar-refractivity contribution in [2.45, 2.75) is 13.5 Å². The molecule has 3 heteroatoms. The van der Waals surface area contributed by atoms with Crippen LogP contribution in [0.2, 0.25) is 0 Å². The van der Waals surface area contributed by atoms with E-state index < -0.39 is 0 Å². The Morgan fingerprint density at radius 2 is 1.90 bits per heavy atom. The summed E-state index contributed by atoms with van der Waals surface area (Å²) < 4.78 is 7.63. The Morgan fingerprint density at radius 1 is 1.05 bits per heavy atom. The van der Waals surface area contributed by atoms with E-state index >= 15 is 0 Å². The zero-order chi connectivity index (χ0) is 13.8. The highest BCUT2D eigenvalue weighted by atomic mass is 16.5. The van der Waals surface area contributed by atoms with E-state index in [0.717, 1.165) is 22.6 Å². The molecule has 0 unspecified atom stereocenters. The highest BCUT2D eigenvalue weighted by Crippen LogP contribution is 2.14. The van der Waals surface area contributed by atoms with Gasteiger partial charge in [-0.25, -0.2) is 4.68 Å². The molecule has 0 N–H and O–H groups in total. The fourth-order valence-electron chi connectivity index (χ4n) is 2.03. The number of hydrogen-bond acceptors (Lipinski definition) is 2. The molecule has 0 saturated heterocycles. The summed E-state index contributed by atoms with van der Waals surface area (Å²) in [5.41, 5.74) is 3.32. The van der Waals surface area contributed by atoms with E-state index in [1.54, 1.807) is 0 Å². The molecule has 3 aromatic rings. The van der Waals surface area contributed by atoms with E-state index in [4.69, 9.17) is 4.74 Å². The average Bonchev–Trinajstić information content (AvgIpc) is 2.93. The van der Waals surface area contributed by atoms with Gasteiger partial charge in [-0.1, -0.05) is 30.3 Å². The van der Waals surface area contributed by atoms with Gasteiger partial charge in [-0.05, 0) is 42.3 Å². The van der Waals surface area contributed by atoms with Gasteiger partial charge >= 0.3 is 0 Å². The fraction of sp³-hybridized carbons (Fsp3) is 0.118. The molecule has 0 aliphatic heterocycles. The molecule has 0 amide bonds. The third-order valence-electron chi connectivity index (χ3n) is 3.04. The molecule has 0 aliphatic rings. The summed E-state index contributed by atoms with van der Waals surface area (Å²) in [6.45, 7) is 2.59. The van der Waals surface area contributed by atoms with Gasteiger partial charge in [0, 0.05) is 6.20 Å². The molecule has 0 radical (unpaired) electrons. The van der Waals surface area contributed by atoms with Crippen molar-refractivity contribution in [3.05, 3.63) is 78.1 Å². The van der Waals surface area contributed by atoms with E-state index in [2.05, 4.69) is 17.2 Å². The molecule has 20 heavy (non-hydrogen) atoms. The molecule has 100 valence electrons. The average molecular weight is 264 g/mol. The van der Waals surface area contributed by atoms with Gasteiger partial charge in [-0.3, -0.25) is 0 Å². The third-order valence-corrected chi connectivity index (χ3v) is 3.04. The first kappa shape index (κ1) is 12.5. The second kappa shape index (κ2) is 5.61. The minimum atomic E-state index is 0.554. The smallest absolute Gasteiger partial charge is 0.119 e. The normalized spacial score (nSPS) is 10.4. The Kier molecular flexibility index (Phi) is 3.50. The zero-order valence-electron chi connectivity index (χ0n) is 11.4. The lowest BCUT2D eigenvalue weighted by atomic mass is 10.2. The Morgan fingerprint density at radius 3 is 2.65 bits per heavy atom. The van der Waals surface area contributed by atoms with Crippen LogP contribution in [0.4, 0.5) is 0 Å². The van der Waals surface area contributed by atoms with Crippen LogP contribution in [0.25, 0.3) is 5.69 Å². The van der Waals surface area contributed by atoms with Crippen molar-refractivity contribution in [2.24, 2.45) is 0 Å². The van der Waals surface area contributed by atoms with Gasteiger partial charge in [-0.2, -0.15) is 5.10 Å². The van der Waals surface area contributed by atoms with Gasteiger partial charge in [0.15, 0.2) is 0 Å². The summed E-state index contributed by atoms with van der Waals surface area (Å²) in [4.78, 5) is 0. The van der Waals surface area contributed by atoms with Gasteiger partial charge in [0.2, 0.25) is 0 Å². The highest BCUT2D eigenvalue weighted by Gasteiger charge is 2.01. The standard InChI is InChI=1S/C17H16N2O/c1-14-11-18-19(12-14)16-7-5-6-15(10-16)13-20-17-8-3-2-4-9-17/h2-12H,13H2,1H3. The molecule has 3 nitrogen and oxygen atoms in total. The number of para-hydroxylation sites is 1. The first-order valence-corrected chi connectivity index (χ1v) is 6.60. The largest absolute Gasteiger partial charge is 0.489 e. The molecule has 0 spiro atoms. The van der Waals surface area contributed by atoms with Crippen molar-refractivity contribution in [2.75, 3.05) is 0 Å². The predicted molar refractivity (Wildman–Crippen MR) is 79.1 cm³/mol. The van der Waals surface area contributed by atoms with Gasteiger partial charge in [0.25, 0.3) is 0 Å². The fourth-order valence-corrected chi connectivity index (χ4v) is 2.03. The molecule has 0 aliphatic carbocycles. The van der Waals surface area contributed by atoms with Crippen LogP contribution in [0.3, 0.4) is 0 Å². The third kappa shape index (κ3) is 2.88. The Hall–Kier alpha value is -2.55. The number of benzene rings is 2. The van der Waals surface area contributed by atoms with Crippen LogP contribution in [0.15, 0.2) is 67.0 Å². The van der Waals surface area contributed by atoms with Crippen molar-refractivity contribution >= 4 is 0 Å². The monoisotopic (exact) mass is 264 g/mol. The van der Waals surface area contributed by atoms with Gasteiger partial charge in [0.1, 0.15) is 12.4 Å². The van der Waals surface area contributed by atoms with E-state index in [0.29, 0.717) is 6.61 Å². The topological polar surface area (TPSA) is 27.1 Å². The summed E-state index contributed by atoms with van der Waals surface area (Å²) in [6.07, 6.45) is 3.87. The van der Waals surface area contributed by atoms with Crippen LogP contribution in [0.5, 0.6) is 5.75 Å². The van der Waals surface area contributed by atoms with Crippen molar-refractivity contribution in [1.29, 1.82) is 0 Å². The highest BCUT2D eigenvalue weighted by molar-refractivity contribution is 5.35. The number of aromatic nitrogens is 2. The van der Waals surface area contributed by atoms with E-state index in [-0.39, 0.29) is 0 Å². The first-order chi connectivity index (χ1) is 9.81. The Balaban J connectivity index is 1.75. The lowest BCUT2D eigenvalue weighted by Gasteiger charge is -2.08. The Bertz CT molecular complexity index is 689. The molecular formula is C17H16N2O. The molecule has 1 heterocycles. The Labute approximate surface area is 118 Å². The molecule has 2 aromatic carbocycles. The molecular weight excluding hydrogens is 248 g/mol. The quantitative estimate of drug-likeness (QED) is 0.717. The maximum atomic E-state index is 5.76. The summed E-state index contributed by atoms with van der Waals surface area (Å²) in [5, 5.41) is 4.32. The van der Waals surface area contributed by atoms with Gasteiger partial charge in [-0.15, -0.1) is 0 Å². The second-order valence-electron chi connectivity index (χ2n) is 4.73. The maximum Gasteiger partial charge on any atom is 0.119 e. The molecule has 0 atom stereocenters. The molecule has 1 aromatic heterocycles. The molecule has 3 rings (SSSR count). The van der Waals surface area contributed by atoms with Crippen molar-refractivity contribution in [3.63, 3.8) is 0 Å². The van der Waals surface area contributed by atoms with E-state index in [9.17, 15) is 0 Å². The van der Waals surface area contributed by atoms with Gasteiger partial charge in [0.05, 0.1) is 11.9 Å². The van der Waals surface area contributed by atoms with Crippen LogP contribution in [-0.4, -0.2) is 9.78 Å². The minimum Gasteiger partial charge on any atom is -0.489 e. The molecule has 0 saturated carbocycles. The lowest BCUT2D eigenvalue weighted by molar-refractivity contribution is 0.306. The summed E-state index contributed by atoms with van der Waals surface area (Å²) >= 11 is 0. The molecule has 0 bridgehead atoms. The first-order valence-electron chi connectivity index (χ1n) is 6.60. The summed E-state index contributed by atoms with van der Waals surface area (Å²) in [7, 11) is 0. The van der Waals surface area contributed by atoms with Crippen molar-refractivity contribution in [3.8, 4) is 11.4 Å². The second-order valence-corrected chi connectivity index (χ2v) is 4.73. The predicted octanol–water partition coefficient (Wildman–Crippen LogP) is 3.76. The number of aryl methyl sites for hydroxylation is 1. The van der Waals surface area contributed by atoms with Crippen molar-refractivity contribution < 1.29 is 4.74 Å². The maximum absolute atomic E-state index is 5.76. The number of rotatable bonds is 4. The number of ether oxygens (including phenoxy) is 1. The summed E-state index contributed by atoms with van der Waals surface area (Å²) in [6, 6.07) is 18.1. The SMILES string of the molecule is Cc1cnn(-c2cccc(COc3ccccc3)c2)c1. The van der Waals surface area contributed by atoms with Gasteiger partial charge < -0.3 is 4.74 Å².